The lowest BCUT2D eigenvalue weighted by Gasteiger charge is -2.14. The van der Waals surface area contributed by atoms with Crippen LogP contribution in [0.3, 0.4) is 0 Å². The Balaban J connectivity index is 3.09. The van der Waals surface area contributed by atoms with E-state index in [-0.39, 0.29) is 0 Å². The van der Waals surface area contributed by atoms with E-state index in [9.17, 15) is 5.21 Å². The van der Waals surface area contributed by atoms with Crippen LogP contribution in [0.2, 0.25) is 0 Å². The van der Waals surface area contributed by atoms with Crippen molar-refractivity contribution >= 4 is 5.69 Å². The summed E-state index contributed by atoms with van der Waals surface area (Å²) >= 11 is 0. The first-order chi connectivity index (χ1) is 5.65. The zero-order valence-corrected chi connectivity index (χ0v) is 7.41. The Bertz CT molecular complexity index is 294. The van der Waals surface area contributed by atoms with Gasteiger partial charge in [-0.05, 0) is 25.5 Å². The van der Waals surface area contributed by atoms with E-state index in [0.29, 0.717) is 0 Å². The van der Waals surface area contributed by atoms with Crippen LogP contribution in [0.1, 0.15) is 11.1 Å². The summed E-state index contributed by atoms with van der Waals surface area (Å²) in [5.41, 5.74) is 3.00. The lowest BCUT2D eigenvalue weighted by Crippen LogP contribution is -2.09. The summed E-state index contributed by atoms with van der Waals surface area (Å²) in [6, 6.07) is 5.84. The number of nitrogens with zero attached hydrogens (tertiary/aromatic N) is 1. The Morgan fingerprint density at radius 1 is 1.42 bits per heavy atom. The Morgan fingerprint density at radius 3 is 2.58 bits per heavy atom. The second kappa shape index (κ2) is 3.41. The van der Waals surface area contributed by atoms with E-state index in [1.165, 1.54) is 11.8 Å². The average molecular weight is 163 g/mol. The van der Waals surface area contributed by atoms with E-state index >= 15 is 0 Å². The van der Waals surface area contributed by atoms with Gasteiger partial charge in [-0.2, -0.15) is 0 Å². The molecule has 0 bridgehead atoms. The molecular formula is C10H13NO. The SMILES string of the molecule is C=CN(O)c1ccc(C)cc1C. The van der Waals surface area contributed by atoms with E-state index in [2.05, 4.69) is 6.58 Å². The first-order valence-corrected chi connectivity index (χ1v) is 3.83. The molecule has 1 aromatic carbocycles. The summed E-state index contributed by atoms with van der Waals surface area (Å²) in [5.74, 6) is 0. The fourth-order valence-electron chi connectivity index (χ4n) is 1.16. The van der Waals surface area contributed by atoms with Crippen molar-refractivity contribution in [3.8, 4) is 0 Å². The van der Waals surface area contributed by atoms with Crippen LogP contribution >= 0.6 is 0 Å². The van der Waals surface area contributed by atoms with Gasteiger partial charge in [-0.3, -0.25) is 5.21 Å². The van der Waals surface area contributed by atoms with Gasteiger partial charge in [-0.25, -0.2) is 5.06 Å². The molecule has 0 aromatic heterocycles. The molecule has 0 amide bonds. The van der Waals surface area contributed by atoms with Gasteiger partial charge in [0.1, 0.15) is 0 Å². The van der Waals surface area contributed by atoms with Crippen molar-refractivity contribution in [2.24, 2.45) is 0 Å². The molecule has 2 heteroatoms. The molecule has 0 radical (unpaired) electrons. The quantitative estimate of drug-likeness (QED) is 0.677. The van der Waals surface area contributed by atoms with E-state index in [1.54, 1.807) is 0 Å². The van der Waals surface area contributed by atoms with Crippen LogP contribution in [0.5, 0.6) is 0 Å². The Kier molecular flexibility index (Phi) is 2.51. The molecule has 64 valence electrons. The van der Waals surface area contributed by atoms with Gasteiger partial charge >= 0.3 is 0 Å². The molecule has 1 aromatic rings. The molecule has 0 fully saturated rings. The van der Waals surface area contributed by atoms with E-state index in [1.807, 2.05) is 32.0 Å². The minimum atomic E-state index is 0.774. The third kappa shape index (κ3) is 1.66. The normalized spacial score (nSPS) is 9.58. The third-order valence-corrected chi connectivity index (χ3v) is 1.77. The second-order valence-corrected chi connectivity index (χ2v) is 2.82. The van der Waals surface area contributed by atoms with Gasteiger partial charge < -0.3 is 0 Å². The van der Waals surface area contributed by atoms with Crippen LogP contribution in [0.25, 0.3) is 0 Å². The van der Waals surface area contributed by atoms with Crippen molar-refractivity contribution < 1.29 is 5.21 Å². The van der Waals surface area contributed by atoms with Gasteiger partial charge in [-0.15, -0.1) is 0 Å². The molecule has 0 aliphatic heterocycles. The monoisotopic (exact) mass is 163 g/mol. The van der Waals surface area contributed by atoms with E-state index in [0.717, 1.165) is 16.3 Å². The molecule has 0 unspecified atom stereocenters. The molecule has 0 atom stereocenters. The lowest BCUT2D eigenvalue weighted by atomic mass is 10.1. The van der Waals surface area contributed by atoms with Gasteiger partial charge in [0.2, 0.25) is 0 Å². The predicted octanol–water partition coefficient (Wildman–Crippen LogP) is 2.64. The highest BCUT2D eigenvalue weighted by molar-refractivity contribution is 5.53. The number of hydrogen-bond donors (Lipinski definition) is 1. The highest BCUT2D eigenvalue weighted by atomic mass is 16.5. The highest BCUT2D eigenvalue weighted by Gasteiger charge is 2.01. The van der Waals surface area contributed by atoms with Crippen molar-refractivity contribution in [2.75, 3.05) is 5.06 Å². The average Bonchev–Trinajstić information content (AvgIpc) is 2.03. The molecule has 12 heavy (non-hydrogen) atoms. The van der Waals surface area contributed by atoms with E-state index in [4.69, 9.17) is 0 Å². The lowest BCUT2D eigenvalue weighted by molar-refractivity contribution is 0.296. The number of hydrogen-bond acceptors (Lipinski definition) is 2. The van der Waals surface area contributed by atoms with Crippen molar-refractivity contribution in [1.82, 2.24) is 0 Å². The smallest absolute Gasteiger partial charge is 0.0715 e. The molecule has 2 nitrogen and oxygen atoms in total. The fourth-order valence-corrected chi connectivity index (χ4v) is 1.16. The number of hydroxylamine groups is 1. The van der Waals surface area contributed by atoms with Gasteiger partial charge in [0.05, 0.1) is 5.69 Å². The van der Waals surface area contributed by atoms with Gasteiger partial charge in [-0.1, -0.05) is 24.3 Å². The Morgan fingerprint density at radius 2 is 2.08 bits per heavy atom. The predicted molar refractivity (Wildman–Crippen MR) is 50.4 cm³/mol. The van der Waals surface area contributed by atoms with Gasteiger partial charge in [0.25, 0.3) is 0 Å². The Labute approximate surface area is 72.7 Å². The summed E-state index contributed by atoms with van der Waals surface area (Å²) in [7, 11) is 0. The number of anilines is 1. The molecule has 0 aliphatic carbocycles. The molecule has 0 saturated carbocycles. The maximum Gasteiger partial charge on any atom is 0.0715 e. The molecule has 1 rings (SSSR count). The van der Waals surface area contributed by atoms with Crippen LogP contribution in [0.4, 0.5) is 5.69 Å². The Hall–Kier alpha value is -1.28. The standard InChI is InChI=1S/C10H13NO/c1-4-11(12)10-6-5-8(2)7-9(10)3/h4-7,12H,1H2,2-3H3. The topological polar surface area (TPSA) is 23.5 Å². The molecular weight excluding hydrogens is 150 g/mol. The number of aryl methyl sites for hydroxylation is 2. The highest BCUT2D eigenvalue weighted by Crippen LogP contribution is 2.19. The number of rotatable bonds is 2. The van der Waals surface area contributed by atoms with Crippen LogP contribution in [0, 0.1) is 13.8 Å². The third-order valence-electron chi connectivity index (χ3n) is 1.77. The minimum Gasteiger partial charge on any atom is -0.284 e. The zero-order chi connectivity index (χ0) is 9.14. The molecule has 0 saturated heterocycles. The van der Waals surface area contributed by atoms with Crippen molar-refractivity contribution in [3.63, 3.8) is 0 Å². The molecule has 0 heterocycles. The van der Waals surface area contributed by atoms with Crippen molar-refractivity contribution in [1.29, 1.82) is 0 Å². The molecule has 0 spiro atoms. The van der Waals surface area contributed by atoms with Gasteiger partial charge in [0.15, 0.2) is 0 Å². The molecule has 0 aliphatic rings. The van der Waals surface area contributed by atoms with Gasteiger partial charge in [0, 0.05) is 6.20 Å². The first-order valence-electron chi connectivity index (χ1n) is 3.83. The largest absolute Gasteiger partial charge is 0.284 e. The van der Waals surface area contributed by atoms with Crippen LogP contribution < -0.4 is 5.06 Å². The van der Waals surface area contributed by atoms with E-state index < -0.39 is 0 Å². The van der Waals surface area contributed by atoms with Crippen molar-refractivity contribution in [3.05, 3.63) is 42.1 Å². The maximum atomic E-state index is 9.32. The summed E-state index contributed by atoms with van der Waals surface area (Å²) in [6.45, 7) is 7.45. The van der Waals surface area contributed by atoms with Crippen LogP contribution in [0.15, 0.2) is 31.0 Å². The summed E-state index contributed by atoms with van der Waals surface area (Å²) in [6.07, 6.45) is 1.37. The second-order valence-electron chi connectivity index (χ2n) is 2.82. The first kappa shape index (κ1) is 8.81. The minimum absolute atomic E-state index is 0.774. The van der Waals surface area contributed by atoms with Crippen molar-refractivity contribution in [2.45, 2.75) is 13.8 Å². The maximum absolute atomic E-state index is 9.32. The number of benzene rings is 1. The summed E-state index contributed by atoms with van der Waals surface area (Å²) in [4.78, 5) is 0. The summed E-state index contributed by atoms with van der Waals surface area (Å²) in [5, 5.41) is 10.3. The van der Waals surface area contributed by atoms with Crippen LogP contribution in [-0.4, -0.2) is 5.21 Å². The molecule has 1 N–H and O–H groups in total. The zero-order valence-electron chi connectivity index (χ0n) is 7.41. The van der Waals surface area contributed by atoms with Crippen LogP contribution in [-0.2, 0) is 0 Å². The summed E-state index contributed by atoms with van der Waals surface area (Å²) < 4.78 is 0. The fraction of sp³-hybridized carbons (Fsp3) is 0.200.